The van der Waals surface area contributed by atoms with Gasteiger partial charge in [0.05, 0.1) is 10.5 Å². The zero-order valence-corrected chi connectivity index (χ0v) is 11.5. The molecule has 0 saturated carbocycles. The molecule has 3 nitrogen and oxygen atoms in total. The van der Waals surface area contributed by atoms with E-state index in [1.54, 1.807) is 12.1 Å². The fraction of sp³-hybridized carbons (Fsp3) is 0. The van der Waals surface area contributed by atoms with Gasteiger partial charge < -0.3 is 5.11 Å². The SMILES string of the molecule is O=C1C(Sc2ccccc2F)=CC(=O)c2c(O)cccc21. The molecule has 1 aliphatic rings. The molecule has 104 valence electrons. The Hall–Kier alpha value is -2.40. The number of thioether (sulfide) groups is 1. The number of aromatic hydroxyl groups is 1. The molecule has 0 radical (unpaired) electrons. The van der Waals surface area contributed by atoms with Gasteiger partial charge in [-0.2, -0.15) is 0 Å². The third-order valence-corrected chi connectivity index (χ3v) is 4.15. The summed E-state index contributed by atoms with van der Waals surface area (Å²) in [6.07, 6.45) is 1.14. The zero-order valence-electron chi connectivity index (χ0n) is 10.7. The first-order valence-corrected chi connectivity index (χ1v) is 6.94. The number of hydrogen-bond donors (Lipinski definition) is 1. The third kappa shape index (κ3) is 2.36. The maximum Gasteiger partial charge on any atom is 0.200 e. The molecule has 2 aromatic rings. The molecule has 0 spiro atoms. The number of fused-ring (bicyclic) bond motifs is 1. The van der Waals surface area contributed by atoms with Crippen molar-refractivity contribution in [1.29, 1.82) is 0 Å². The summed E-state index contributed by atoms with van der Waals surface area (Å²) in [4.78, 5) is 24.8. The fourth-order valence-corrected chi connectivity index (χ4v) is 3.02. The predicted octanol–water partition coefficient (Wildman–Crippen LogP) is 3.59. The van der Waals surface area contributed by atoms with Crippen molar-refractivity contribution in [3.05, 3.63) is 70.4 Å². The summed E-state index contributed by atoms with van der Waals surface area (Å²) < 4.78 is 13.6. The Kier molecular flexibility index (Phi) is 3.35. The quantitative estimate of drug-likeness (QED) is 0.921. The molecular weight excluding hydrogens is 291 g/mol. The minimum Gasteiger partial charge on any atom is -0.507 e. The molecule has 0 bridgehead atoms. The molecular formula is C16H9FO3S. The Morgan fingerprint density at radius 2 is 1.76 bits per heavy atom. The van der Waals surface area contributed by atoms with Crippen LogP contribution in [0.4, 0.5) is 4.39 Å². The maximum atomic E-state index is 13.6. The first-order chi connectivity index (χ1) is 10.1. The van der Waals surface area contributed by atoms with E-state index in [0.29, 0.717) is 0 Å². The van der Waals surface area contributed by atoms with Crippen LogP contribution in [-0.4, -0.2) is 16.7 Å². The number of Topliss-reactive ketones (excluding diaryl/α,β-unsaturated/α-hetero) is 1. The number of benzene rings is 2. The molecule has 0 aromatic heterocycles. The van der Waals surface area contributed by atoms with Gasteiger partial charge in [0.25, 0.3) is 0 Å². The number of carbonyl (C=O) groups is 2. The molecule has 2 aromatic carbocycles. The van der Waals surface area contributed by atoms with E-state index in [-0.39, 0.29) is 26.7 Å². The van der Waals surface area contributed by atoms with Crippen molar-refractivity contribution in [1.82, 2.24) is 0 Å². The lowest BCUT2D eigenvalue weighted by Gasteiger charge is -2.15. The van der Waals surface area contributed by atoms with Crippen LogP contribution in [0.5, 0.6) is 5.75 Å². The second-order valence-electron chi connectivity index (χ2n) is 4.43. The zero-order chi connectivity index (χ0) is 15.0. The topological polar surface area (TPSA) is 54.4 Å². The van der Waals surface area contributed by atoms with Gasteiger partial charge in [0.1, 0.15) is 11.6 Å². The van der Waals surface area contributed by atoms with Gasteiger partial charge in [0.15, 0.2) is 5.78 Å². The number of halogens is 1. The van der Waals surface area contributed by atoms with E-state index in [4.69, 9.17) is 0 Å². The molecule has 0 aliphatic heterocycles. The van der Waals surface area contributed by atoms with Crippen LogP contribution < -0.4 is 0 Å². The second kappa shape index (κ2) is 5.18. The molecule has 0 fully saturated rings. The highest BCUT2D eigenvalue weighted by atomic mass is 32.2. The van der Waals surface area contributed by atoms with Crippen LogP contribution in [-0.2, 0) is 0 Å². The lowest BCUT2D eigenvalue weighted by Crippen LogP contribution is -2.15. The molecule has 0 unspecified atom stereocenters. The predicted molar refractivity (Wildman–Crippen MR) is 77.1 cm³/mol. The van der Waals surface area contributed by atoms with E-state index in [0.717, 1.165) is 17.8 Å². The van der Waals surface area contributed by atoms with Gasteiger partial charge in [-0.05, 0) is 24.3 Å². The van der Waals surface area contributed by atoms with Gasteiger partial charge in [-0.1, -0.05) is 30.0 Å². The molecule has 1 aliphatic carbocycles. The minimum atomic E-state index is -0.457. The summed E-state index contributed by atoms with van der Waals surface area (Å²) in [7, 11) is 0. The smallest absolute Gasteiger partial charge is 0.200 e. The van der Waals surface area contributed by atoms with Crippen LogP contribution in [0, 0.1) is 5.82 Å². The average molecular weight is 300 g/mol. The molecule has 5 heteroatoms. The summed E-state index contributed by atoms with van der Waals surface area (Å²) in [5.41, 5.74) is 0.140. The largest absolute Gasteiger partial charge is 0.507 e. The Morgan fingerprint density at radius 1 is 1.00 bits per heavy atom. The number of phenolic OH excluding ortho intramolecular Hbond substituents is 1. The van der Waals surface area contributed by atoms with Crippen LogP contribution in [0.1, 0.15) is 20.7 Å². The standard InChI is InChI=1S/C16H9FO3S/c17-10-5-1-2-7-13(10)21-14-8-12(19)15-9(16(14)20)4-3-6-11(15)18/h1-8,18H. The van der Waals surface area contributed by atoms with Crippen LogP contribution in [0.2, 0.25) is 0 Å². The average Bonchev–Trinajstić information content (AvgIpc) is 2.46. The van der Waals surface area contributed by atoms with Crippen LogP contribution in [0.15, 0.2) is 58.3 Å². The first-order valence-electron chi connectivity index (χ1n) is 6.13. The molecule has 1 N–H and O–H groups in total. The second-order valence-corrected chi connectivity index (χ2v) is 5.52. The Labute approximate surface area is 124 Å². The van der Waals surface area contributed by atoms with Crippen LogP contribution in [0.25, 0.3) is 0 Å². The van der Waals surface area contributed by atoms with Gasteiger partial charge in [0.2, 0.25) is 5.78 Å². The number of phenols is 1. The number of hydrogen-bond acceptors (Lipinski definition) is 4. The molecule has 0 heterocycles. The third-order valence-electron chi connectivity index (χ3n) is 3.08. The van der Waals surface area contributed by atoms with E-state index in [1.807, 2.05) is 0 Å². The van der Waals surface area contributed by atoms with Crippen molar-refractivity contribution in [2.24, 2.45) is 0 Å². The van der Waals surface area contributed by atoms with Gasteiger partial charge in [-0.15, -0.1) is 0 Å². The van der Waals surface area contributed by atoms with Crippen LogP contribution in [0.3, 0.4) is 0 Å². The lowest BCUT2D eigenvalue weighted by atomic mass is 9.94. The normalized spacial score (nSPS) is 13.9. The molecule has 21 heavy (non-hydrogen) atoms. The van der Waals surface area contributed by atoms with Crippen molar-refractivity contribution in [2.75, 3.05) is 0 Å². The first kappa shape index (κ1) is 13.6. The number of allylic oxidation sites excluding steroid dienone is 2. The van der Waals surface area contributed by atoms with E-state index in [2.05, 4.69) is 0 Å². The van der Waals surface area contributed by atoms with Crippen molar-refractivity contribution in [2.45, 2.75) is 4.90 Å². The number of rotatable bonds is 2. The summed E-state index contributed by atoms with van der Waals surface area (Å²) in [5, 5.41) is 9.70. The Bertz CT molecular complexity index is 796. The number of carbonyl (C=O) groups excluding carboxylic acids is 2. The maximum absolute atomic E-state index is 13.6. The van der Waals surface area contributed by atoms with Gasteiger partial charge in [0, 0.05) is 16.5 Å². The van der Waals surface area contributed by atoms with Crippen molar-refractivity contribution < 1.29 is 19.1 Å². The summed E-state index contributed by atoms with van der Waals surface area (Å²) in [6, 6.07) is 10.4. The van der Waals surface area contributed by atoms with Crippen molar-refractivity contribution in [3.63, 3.8) is 0 Å². The highest BCUT2D eigenvalue weighted by Gasteiger charge is 2.28. The van der Waals surface area contributed by atoms with E-state index in [9.17, 15) is 19.1 Å². The Morgan fingerprint density at radius 3 is 2.52 bits per heavy atom. The number of ketones is 2. The summed E-state index contributed by atoms with van der Waals surface area (Å²) in [6.45, 7) is 0. The monoisotopic (exact) mass is 300 g/mol. The highest BCUT2D eigenvalue weighted by Crippen LogP contribution is 2.36. The van der Waals surface area contributed by atoms with Gasteiger partial charge >= 0.3 is 0 Å². The molecule has 3 rings (SSSR count). The fourth-order valence-electron chi connectivity index (χ4n) is 2.10. The lowest BCUT2D eigenvalue weighted by molar-refractivity contribution is 0.0989. The minimum absolute atomic E-state index is 0.000355. The van der Waals surface area contributed by atoms with Crippen molar-refractivity contribution in [3.8, 4) is 5.75 Å². The van der Waals surface area contributed by atoms with E-state index in [1.165, 1.54) is 30.3 Å². The van der Waals surface area contributed by atoms with Crippen LogP contribution >= 0.6 is 11.8 Å². The summed E-state index contributed by atoms with van der Waals surface area (Å²) in [5.74, 6) is -1.53. The molecule has 0 atom stereocenters. The van der Waals surface area contributed by atoms with Crippen molar-refractivity contribution >= 4 is 23.3 Å². The Balaban J connectivity index is 2.02. The molecule has 0 saturated heterocycles. The van der Waals surface area contributed by atoms with Gasteiger partial charge in [-0.25, -0.2) is 4.39 Å². The molecule has 0 amide bonds. The highest BCUT2D eigenvalue weighted by molar-refractivity contribution is 8.04. The summed E-state index contributed by atoms with van der Waals surface area (Å²) >= 11 is 0.907. The van der Waals surface area contributed by atoms with Gasteiger partial charge in [-0.3, -0.25) is 9.59 Å². The van der Waals surface area contributed by atoms with E-state index >= 15 is 0 Å². The van der Waals surface area contributed by atoms with E-state index < -0.39 is 17.4 Å².